The van der Waals surface area contributed by atoms with Crippen LogP contribution in [-0.2, 0) is 0 Å². The second-order valence-corrected chi connectivity index (χ2v) is 5.82. The third-order valence-corrected chi connectivity index (χ3v) is 4.34. The molecule has 0 saturated carbocycles. The van der Waals surface area contributed by atoms with Gasteiger partial charge in [-0.3, -0.25) is 10.2 Å². The molecule has 5 rings (SSSR count). The van der Waals surface area contributed by atoms with Crippen molar-refractivity contribution in [1.29, 1.82) is 0 Å². The van der Waals surface area contributed by atoms with Crippen LogP contribution in [0.25, 0.3) is 44.3 Å². The Labute approximate surface area is 138 Å². The van der Waals surface area contributed by atoms with Gasteiger partial charge in [-0.15, -0.1) is 0 Å². The molecule has 114 valence electrons. The van der Waals surface area contributed by atoms with Gasteiger partial charge in [-0.2, -0.15) is 10.2 Å². The summed E-state index contributed by atoms with van der Waals surface area (Å²) < 4.78 is 0. The van der Waals surface area contributed by atoms with Gasteiger partial charge in [0.05, 0.1) is 22.4 Å². The zero-order chi connectivity index (χ0) is 15.9. The lowest BCUT2D eigenvalue weighted by molar-refractivity contribution is 1.11. The van der Waals surface area contributed by atoms with Crippen LogP contribution in [0.3, 0.4) is 0 Å². The summed E-state index contributed by atoms with van der Waals surface area (Å²) >= 11 is 0. The summed E-state index contributed by atoms with van der Waals surface area (Å²) in [5.41, 5.74) is 6.15. The molecule has 0 radical (unpaired) electrons. The van der Waals surface area contributed by atoms with Crippen LogP contribution in [0.15, 0.2) is 72.8 Å². The zero-order valence-corrected chi connectivity index (χ0v) is 12.8. The van der Waals surface area contributed by atoms with E-state index < -0.39 is 0 Å². The van der Waals surface area contributed by atoms with Gasteiger partial charge in [0.2, 0.25) is 0 Å². The Morgan fingerprint density at radius 2 is 1.00 bits per heavy atom. The molecule has 0 aliphatic rings. The molecular weight excluding hydrogens is 296 g/mol. The van der Waals surface area contributed by atoms with E-state index >= 15 is 0 Å². The molecule has 0 unspecified atom stereocenters. The zero-order valence-electron chi connectivity index (χ0n) is 12.8. The van der Waals surface area contributed by atoms with Crippen molar-refractivity contribution in [3.63, 3.8) is 0 Å². The number of benzene rings is 3. The molecule has 4 nitrogen and oxygen atoms in total. The molecule has 3 aromatic carbocycles. The predicted molar refractivity (Wildman–Crippen MR) is 96.6 cm³/mol. The first-order valence-electron chi connectivity index (χ1n) is 7.87. The molecule has 0 saturated heterocycles. The summed E-state index contributed by atoms with van der Waals surface area (Å²) in [5, 5.41) is 17.5. The molecule has 0 aliphatic carbocycles. The van der Waals surface area contributed by atoms with Crippen molar-refractivity contribution in [2.75, 3.05) is 0 Å². The molecular formula is C20H14N4. The summed E-state index contributed by atoms with van der Waals surface area (Å²) in [6.07, 6.45) is 0. The number of hydrogen-bond donors (Lipinski definition) is 2. The quantitative estimate of drug-likeness (QED) is 0.493. The summed E-state index contributed by atoms with van der Waals surface area (Å²) in [5.74, 6) is 0. The van der Waals surface area contributed by atoms with E-state index in [1.54, 1.807) is 0 Å². The van der Waals surface area contributed by atoms with E-state index in [2.05, 4.69) is 56.8 Å². The summed E-state index contributed by atoms with van der Waals surface area (Å²) in [7, 11) is 0. The van der Waals surface area contributed by atoms with Crippen molar-refractivity contribution in [1.82, 2.24) is 20.4 Å². The highest BCUT2D eigenvalue weighted by Crippen LogP contribution is 2.33. The molecule has 2 heterocycles. The minimum atomic E-state index is 0.965. The number of aromatic amines is 2. The normalized spacial score (nSPS) is 11.3. The lowest BCUT2D eigenvalue weighted by atomic mass is 10.0. The average Bonchev–Trinajstić information content (AvgIpc) is 3.25. The number of H-pyrrole nitrogens is 2. The molecule has 5 aromatic rings. The van der Waals surface area contributed by atoms with Gasteiger partial charge < -0.3 is 0 Å². The first-order chi connectivity index (χ1) is 11.9. The van der Waals surface area contributed by atoms with Gasteiger partial charge in [-0.1, -0.05) is 60.7 Å². The van der Waals surface area contributed by atoms with Crippen molar-refractivity contribution in [3.05, 3.63) is 72.8 Å². The first kappa shape index (κ1) is 13.1. The van der Waals surface area contributed by atoms with E-state index in [-0.39, 0.29) is 0 Å². The van der Waals surface area contributed by atoms with E-state index in [0.29, 0.717) is 0 Å². The maximum absolute atomic E-state index is 4.51. The number of fused-ring (bicyclic) bond motifs is 2. The van der Waals surface area contributed by atoms with Crippen LogP contribution in [0.1, 0.15) is 0 Å². The highest BCUT2D eigenvalue weighted by Gasteiger charge is 2.13. The molecule has 0 atom stereocenters. The maximum atomic E-state index is 4.51. The Balaban J connectivity index is 1.79. The maximum Gasteiger partial charge on any atom is 0.0999 e. The van der Waals surface area contributed by atoms with Gasteiger partial charge in [-0.25, -0.2) is 0 Å². The molecule has 0 amide bonds. The molecule has 4 heteroatoms. The number of aromatic nitrogens is 4. The van der Waals surface area contributed by atoms with Crippen molar-refractivity contribution in [2.24, 2.45) is 0 Å². The van der Waals surface area contributed by atoms with Crippen LogP contribution >= 0.6 is 0 Å². The third-order valence-electron chi connectivity index (χ3n) is 4.34. The van der Waals surface area contributed by atoms with Gasteiger partial charge in [0.25, 0.3) is 0 Å². The Hall–Kier alpha value is -3.40. The van der Waals surface area contributed by atoms with Crippen LogP contribution < -0.4 is 0 Å². The fourth-order valence-corrected chi connectivity index (χ4v) is 3.16. The molecule has 2 N–H and O–H groups in total. The molecule has 0 fully saturated rings. The number of nitrogens with one attached hydrogen (secondary N) is 2. The Bertz CT molecular complexity index is 1050. The number of hydrogen-bond acceptors (Lipinski definition) is 2. The van der Waals surface area contributed by atoms with Gasteiger partial charge in [0.15, 0.2) is 0 Å². The van der Waals surface area contributed by atoms with Crippen LogP contribution in [0.4, 0.5) is 0 Å². The SMILES string of the molecule is c1ccc(-c2n[nH]c3cc4[nH]nc(-c5ccccc5)c4cc23)cc1. The molecule has 2 aromatic heterocycles. The Morgan fingerprint density at radius 1 is 0.542 bits per heavy atom. The topological polar surface area (TPSA) is 57.4 Å². The van der Waals surface area contributed by atoms with Crippen molar-refractivity contribution in [3.8, 4) is 22.5 Å². The second-order valence-electron chi connectivity index (χ2n) is 5.82. The lowest BCUT2D eigenvalue weighted by Crippen LogP contribution is -1.79. The van der Waals surface area contributed by atoms with Crippen LogP contribution in [-0.4, -0.2) is 20.4 Å². The predicted octanol–water partition coefficient (Wildman–Crippen LogP) is 4.77. The second kappa shape index (κ2) is 5.06. The molecule has 0 aliphatic heterocycles. The largest absolute Gasteiger partial charge is 0.277 e. The first-order valence-corrected chi connectivity index (χ1v) is 7.87. The Kier molecular flexibility index (Phi) is 2.76. The smallest absolute Gasteiger partial charge is 0.0999 e. The van der Waals surface area contributed by atoms with E-state index in [1.807, 2.05) is 36.4 Å². The summed E-state index contributed by atoms with van der Waals surface area (Å²) in [6.45, 7) is 0. The standard InChI is InChI=1S/C20H14N4/c1-3-7-13(8-4-1)19-15-11-16-18(12-17(15)21-23-19)22-24-20(16)14-9-5-2-6-10-14/h1-12H,(H,21,23)(H,22,24). The van der Waals surface area contributed by atoms with E-state index in [1.165, 1.54) is 0 Å². The minimum Gasteiger partial charge on any atom is -0.277 e. The highest BCUT2D eigenvalue weighted by atomic mass is 15.1. The van der Waals surface area contributed by atoms with Crippen LogP contribution in [0.2, 0.25) is 0 Å². The Morgan fingerprint density at radius 3 is 1.46 bits per heavy atom. The van der Waals surface area contributed by atoms with Crippen LogP contribution in [0.5, 0.6) is 0 Å². The van der Waals surface area contributed by atoms with Gasteiger partial charge in [-0.05, 0) is 12.1 Å². The molecule has 0 spiro atoms. The highest BCUT2D eigenvalue weighted by molar-refractivity contribution is 6.05. The molecule has 24 heavy (non-hydrogen) atoms. The van der Waals surface area contributed by atoms with E-state index in [0.717, 1.165) is 44.3 Å². The fraction of sp³-hybridized carbons (Fsp3) is 0. The number of nitrogens with zero attached hydrogens (tertiary/aromatic N) is 2. The molecule has 0 bridgehead atoms. The fourth-order valence-electron chi connectivity index (χ4n) is 3.16. The van der Waals surface area contributed by atoms with Gasteiger partial charge in [0.1, 0.15) is 0 Å². The minimum absolute atomic E-state index is 0.965. The van der Waals surface area contributed by atoms with Gasteiger partial charge in [0, 0.05) is 21.9 Å². The number of rotatable bonds is 2. The van der Waals surface area contributed by atoms with Crippen molar-refractivity contribution >= 4 is 21.8 Å². The van der Waals surface area contributed by atoms with E-state index in [9.17, 15) is 0 Å². The van der Waals surface area contributed by atoms with E-state index in [4.69, 9.17) is 0 Å². The monoisotopic (exact) mass is 310 g/mol. The summed E-state index contributed by atoms with van der Waals surface area (Å²) in [6, 6.07) is 24.7. The van der Waals surface area contributed by atoms with Crippen molar-refractivity contribution in [2.45, 2.75) is 0 Å². The van der Waals surface area contributed by atoms with Crippen LogP contribution in [0, 0.1) is 0 Å². The average molecular weight is 310 g/mol. The summed E-state index contributed by atoms with van der Waals surface area (Å²) in [4.78, 5) is 0. The lowest BCUT2D eigenvalue weighted by Gasteiger charge is -2.00. The third kappa shape index (κ3) is 1.93. The van der Waals surface area contributed by atoms with Crippen molar-refractivity contribution < 1.29 is 0 Å². The van der Waals surface area contributed by atoms with Gasteiger partial charge >= 0.3 is 0 Å².